The van der Waals surface area contributed by atoms with Gasteiger partial charge in [-0.15, -0.1) is 0 Å². The number of fused-ring (bicyclic) bond motifs is 2. The number of hydrogen-bond donors (Lipinski definition) is 2. The minimum Gasteiger partial charge on any atom is -0.508 e. The van der Waals surface area contributed by atoms with E-state index < -0.39 is 23.8 Å². The summed E-state index contributed by atoms with van der Waals surface area (Å²) in [6.45, 7) is 7.17. The van der Waals surface area contributed by atoms with Crippen LogP contribution in [0.4, 0.5) is 11.4 Å². The van der Waals surface area contributed by atoms with Crippen molar-refractivity contribution in [1.82, 2.24) is 15.1 Å². The molecule has 5 aliphatic rings. The number of rotatable bonds is 7. The number of amides is 4. The second kappa shape index (κ2) is 14.5. The van der Waals surface area contributed by atoms with Gasteiger partial charge in [0.05, 0.1) is 17.7 Å². The summed E-state index contributed by atoms with van der Waals surface area (Å²) in [6, 6.07) is 29.5. The van der Waals surface area contributed by atoms with Crippen LogP contribution in [0.3, 0.4) is 0 Å². The van der Waals surface area contributed by atoms with E-state index in [1.54, 1.807) is 24.3 Å². The van der Waals surface area contributed by atoms with E-state index in [1.165, 1.54) is 16.8 Å². The number of aromatic hydroxyl groups is 1. The number of phenols is 1. The fourth-order valence-electron chi connectivity index (χ4n) is 9.27. The van der Waals surface area contributed by atoms with Crippen LogP contribution in [0.5, 0.6) is 11.5 Å². The summed E-state index contributed by atoms with van der Waals surface area (Å²) in [6.07, 6.45) is 2.52. The van der Waals surface area contributed by atoms with E-state index in [9.17, 15) is 24.3 Å². The Kier molecular flexibility index (Phi) is 9.25. The summed E-state index contributed by atoms with van der Waals surface area (Å²) < 4.78 is 6.16. The molecule has 11 heteroatoms. The molecule has 5 heterocycles. The zero-order valence-electron chi connectivity index (χ0n) is 30.7. The van der Waals surface area contributed by atoms with Gasteiger partial charge in [-0.25, -0.2) is 0 Å². The highest BCUT2D eigenvalue weighted by molar-refractivity contribution is 6.23. The Hall–Kier alpha value is -5.68. The van der Waals surface area contributed by atoms with Crippen molar-refractivity contribution in [1.29, 1.82) is 0 Å². The highest BCUT2D eigenvalue weighted by Crippen LogP contribution is 2.47. The molecule has 0 aromatic heterocycles. The average molecular weight is 740 g/mol. The van der Waals surface area contributed by atoms with Crippen LogP contribution < -0.4 is 19.9 Å². The van der Waals surface area contributed by atoms with E-state index in [4.69, 9.17) is 4.74 Å². The van der Waals surface area contributed by atoms with Crippen LogP contribution in [-0.2, 0) is 9.59 Å². The maximum absolute atomic E-state index is 13.3. The summed E-state index contributed by atoms with van der Waals surface area (Å²) in [5, 5.41) is 12.4. The molecule has 9 rings (SSSR count). The molecule has 3 atom stereocenters. The maximum atomic E-state index is 13.3. The molecule has 3 saturated heterocycles. The van der Waals surface area contributed by atoms with Crippen molar-refractivity contribution in [3.8, 4) is 11.5 Å². The number of carbonyl (C=O) groups is 4. The van der Waals surface area contributed by atoms with Crippen molar-refractivity contribution in [2.75, 3.05) is 62.2 Å². The number of phenolic OH excluding ortho intramolecular Hbond substituents is 1. The Morgan fingerprint density at radius 1 is 0.691 bits per heavy atom. The zero-order valence-corrected chi connectivity index (χ0v) is 30.7. The van der Waals surface area contributed by atoms with Crippen molar-refractivity contribution in [3.63, 3.8) is 0 Å². The number of nitrogens with one attached hydrogen (secondary N) is 1. The topological polar surface area (TPSA) is 123 Å². The van der Waals surface area contributed by atoms with Crippen LogP contribution in [0.2, 0.25) is 0 Å². The largest absolute Gasteiger partial charge is 0.508 e. The molecule has 2 unspecified atom stereocenters. The van der Waals surface area contributed by atoms with Gasteiger partial charge in [-0.1, -0.05) is 48.5 Å². The van der Waals surface area contributed by atoms with Gasteiger partial charge in [0.15, 0.2) is 0 Å². The molecular weight excluding hydrogens is 695 g/mol. The van der Waals surface area contributed by atoms with E-state index >= 15 is 0 Å². The number of hydrogen-bond acceptors (Lipinski definition) is 9. The van der Waals surface area contributed by atoms with Gasteiger partial charge >= 0.3 is 0 Å². The predicted octanol–water partition coefficient (Wildman–Crippen LogP) is 5.14. The van der Waals surface area contributed by atoms with Crippen molar-refractivity contribution < 1.29 is 29.0 Å². The van der Waals surface area contributed by atoms with Gasteiger partial charge in [0.25, 0.3) is 11.8 Å². The fourth-order valence-corrected chi connectivity index (χ4v) is 9.27. The number of piperazine rings is 1. The third kappa shape index (κ3) is 6.71. The van der Waals surface area contributed by atoms with Gasteiger partial charge in [0, 0.05) is 87.1 Å². The maximum Gasteiger partial charge on any atom is 0.262 e. The minimum absolute atomic E-state index is 0.101. The predicted molar refractivity (Wildman–Crippen MR) is 208 cm³/mol. The summed E-state index contributed by atoms with van der Waals surface area (Å²) in [7, 11) is 0. The average Bonchev–Trinajstić information content (AvgIpc) is 3.46. The molecule has 2 N–H and O–H groups in total. The Morgan fingerprint density at radius 3 is 2.15 bits per heavy atom. The Balaban J connectivity index is 0.788. The quantitative estimate of drug-likeness (QED) is 0.248. The highest BCUT2D eigenvalue weighted by atomic mass is 16.5. The van der Waals surface area contributed by atoms with E-state index in [1.807, 2.05) is 18.2 Å². The Bertz CT molecular complexity index is 2120. The second-order valence-corrected chi connectivity index (χ2v) is 15.5. The first-order chi connectivity index (χ1) is 26.8. The van der Waals surface area contributed by atoms with Gasteiger partial charge in [-0.2, -0.15) is 0 Å². The van der Waals surface area contributed by atoms with Crippen LogP contribution in [0.1, 0.15) is 74.9 Å². The molecule has 0 spiro atoms. The lowest BCUT2D eigenvalue weighted by Crippen LogP contribution is -2.54. The highest BCUT2D eigenvalue weighted by Gasteiger charge is 2.45. The smallest absolute Gasteiger partial charge is 0.262 e. The molecule has 4 amide bonds. The molecule has 0 saturated carbocycles. The van der Waals surface area contributed by atoms with Gasteiger partial charge in [0.2, 0.25) is 11.8 Å². The first-order valence-electron chi connectivity index (χ1n) is 19.5. The molecule has 282 valence electrons. The minimum atomic E-state index is -0.962. The lowest BCUT2D eigenvalue weighted by Gasteiger charge is -2.40. The first-order valence-corrected chi connectivity index (χ1v) is 19.5. The lowest BCUT2D eigenvalue weighted by atomic mass is 9.76. The van der Waals surface area contributed by atoms with Crippen LogP contribution in [0, 0.1) is 5.92 Å². The SMILES string of the molecule is O=C1CCC(N2C(=O)c3ccc(N4CCN(CC5CCN(c6ccc(C7c8ccc(O)cc8OC[C@@H]7c7ccccc7)cc6)CC5)CC4)cc3C2=O)C(=O)N1. The van der Waals surface area contributed by atoms with Crippen LogP contribution in [0.25, 0.3) is 0 Å². The number of ether oxygens (including phenoxy) is 1. The molecule has 0 aliphatic carbocycles. The van der Waals surface area contributed by atoms with E-state index in [2.05, 4.69) is 68.5 Å². The fraction of sp³-hybridized carbons (Fsp3) is 0.364. The number of imide groups is 2. The number of anilines is 2. The van der Waals surface area contributed by atoms with Gasteiger partial charge in [-0.05, 0) is 72.7 Å². The van der Waals surface area contributed by atoms with Crippen molar-refractivity contribution in [2.24, 2.45) is 5.92 Å². The van der Waals surface area contributed by atoms with Crippen LogP contribution >= 0.6 is 0 Å². The molecule has 11 nitrogen and oxygen atoms in total. The molecule has 0 bridgehead atoms. The van der Waals surface area contributed by atoms with E-state index in [0.29, 0.717) is 23.7 Å². The molecule has 5 aliphatic heterocycles. The summed E-state index contributed by atoms with van der Waals surface area (Å²) in [5.74, 6) is -0.0393. The van der Waals surface area contributed by atoms with Gasteiger partial charge < -0.3 is 19.6 Å². The Labute approximate surface area is 320 Å². The van der Waals surface area contributed by atoms with Crippen molar-refractivity contribution >= 4 is 35.0 Å². The first kappa shape index (κ1) is 35.0. The molecule has 55 heavy (non-hydrogen) atoms. The van der Waals surface area contributed by atoms with E-state index in [-0.39, 0.29) is 36.3 Å². The summed E-state index contributed by atoms with van der Waals surface area (Å²) >= 11 is 0. The monoisotopic (exact) mass is 739 g/mol. The lowest BCUT2D eigenvalue weighted by molar-refractivity contribution is -0.136. The van der Waals surface area contributed by atoms with Crippen LogP contribution in [-0.4, -0.2) is 97.0 Å². The van der Waals surface area contributed by atoms with Gasteiger partial charge in [-0.3, -0.25) is 34.3 Å². The summed E-state index contributed by atoms with van der Waals surface area (Å²) in [5.41, 5.74) is 6.38. The zero-order chi connectivity index (χ0) is 37.6. The number of nitrogens with zero attached hydrogens (tertiary/aromatic N) is 4. The van der Waals surface area contributed by atoms with Gasteiger partial charge in [0.1, 0.15) is 17.5 Å². The molecule has 0 radical (unpaired) electrons. The molecule has 4 aromatic rings. The number of benzene rings is 4. The molecule has 3 fully saturated rings. The number of carbonyl (C=O) groups excluding carboxylic acids is 4. The second-order valence-electron chi connectivity index (χ2n) is 15.5. The van der Waals surface area contributed by atoms with Crippen molar-refractivity contribution in [2.45, 2.75) is 43.6 Å². The summed E-state index contributed by atoms with van der Waals surface area (Å²) in [4.78, 5) is 58.9. The molecule has 4 aromatic carbocycles. The van der Waals surface area contributed by atoms with E-state index in [0.717, 1.165) is 80.6 Å². The Morgan fingerprint density at radius 2 is 1.40 bits per heavy atom. The van der Waals surface area contributed by atoms with Crippen LogP contribution in [0.15, 0.2) is 91.0 Å². The normalized spacial score (nSPS) is 23.3. The third-order valence-electron chi connectivity index (χ3n) is 12.3. The molecular formula is C44H45N5O6. The standard InChI is InChI=1S/C44H45N5O6/c50-33-11-13-35-39(25-33)55-27-37(29-4-2-1-3-5-29)41(35)30-6-8-31(9-7-30)47-18-16-28(17-19-47)26-46-20-22-48(23-21-46)32-10-12-34-36(24-32)44(54)49(43(34)53)38-14-15-40(51)45-42(38)52/h1-13,24-25,28,37-38,41,50H,14-23,26-27H2,(H,45,51,52)/t37-,38?,41?/m1/s1. The van der Waals surface area contributed by atoms with Crippen molar-refractivity contribution in [3.05, 3.63) is 119 Å². The number of piperidine rings is 2. The third-order valence-corrected chi connectivity index (χ3v) is 12.3.